The average Bonchev–Trinajstić information content (AvgIpc) is 2.61. The summed E-state index contributed by atoms with van der Waals surface area (Å²) in [4.78, 5) is 25.8. The van der Waals surface area contributed by atoms with Gasteiger partial charge in [-0.15, -0.1) is 0 Å². The van der Waals surface area contributed by atoms with E-state index in [2.05, 4.69) is 0 Å². The highest BCUT2D eigenvalue weighted by molar-refractivity contribution is 7.91. The molecule has 2 fully saturated rings. The quantitative estimate of drug-likeness (QED) is 0.582. The highest BCUT2D eigenvalue weighted by Gasteiger charge is 2.53. The van der Waals surface area contributed by atoms with Crippen molar-refractivity contribution in [3.8, 4) is 0 Å². The van der Waals surface area contributed by atoms with Crippen LogP contribution in [0.5, 0.6) is 0 Å². The molecule has 0 spiro atoms. The maximum Gasteiger partial charge on any atom is 0.327 e. The van der Waals surface area contributed by atoms with Crippen molar-refractivity contribution in [2.45, 2.75) is 25.4 Å². The van der Waals surface area contributed by atoms with E-state index >= 15 is 0 Å². The molecule has 0 unspecified atom stereocenters. The minimum atomic E-state index is -3.12. The van der Waals surface area contributed by atoms with E-state index in [0.29, 0.717) is 0 Å². The monoisotopic (exact) mass is 246 g/mol. The Hall–Kier alpha value is -1.11. The third-order valence-electron chi connectivity index (χ3n) is 3.20. The Bertz CT molecular complexity index is 444. The molecular weight excluding hydrogens is 232 g/mol. The van der Waals surface area contributed by atoms with Gasteiger partial charge in [-0.2, -0.15) is 0 Å². The predicted octanol–water partition coefficient (Wildman–Crippen LogP) is -0.544. The second-order valence-corrected chi connectivity index (χ2v) is 6.38. The SMILES string of the molecule is CCC(=O)N1C(=O)N(C)[C@@H]2CS(=O)(=O)C[C@@H]21. The second kappa shape index (κ2) is 3.44. The van der Waals surface area contributed by atoms with Crippen LogP contribution in [0.3, 0.4) is 0 Å². The van der Waals surface area contributed by atoms with Gasteiger partial charge in [0.2, 0.25) is 5.91 Å². The first-order valence-electron chi connectivity index (χ1n) is 5.16. The predicted molar refractivity (Wildman–Crippen MR) is 56.5 cm³/mol. The van der Waals surface area contributed by atoms with Crippen LogP contribution in [0.15, 0.2) is 0 Å². The van der Waals surface area contributed by atoms with Crippen LogP contribution in [0.25, 0.3) is 0 Å². The first-order valence-corrected chi connectivity index (χ1v) is 6.99. The lowest BCUT2D eigenvalue weighted by Gasteiger charge is -2.18. The molecule has 0 saturated carbocycles. The molecule has 2 heterocycles. The van der Waals surface area contributed by atoms with E-state index in [1.54, 1.807) is 14.0 Å². The Morgan fingerprint density at radius 1 is 1.38 bits per heavy atom. The van der Waals surface area contributed by atoms with Gasteiger partial charge in [-0.05, 0) is 0 Å². The number of imide groups is 1. The molecule has 0 aromatic heterocycles. The Balaban J connectivity index is 2.34. The molecular formula is C9H14N2O4S. The smallest absolute Gasteiger partial charge is 0.321 e. The summed E-state index contributed by atoms with van der Waals surface area (Å²) in [5, 5.41) is 0. The van der Waals surface area contributed by atoms with Gasteiger partial charge < -0.3 is 4.90 Å². The van der Waals surface area contributed by atoms with Gasteiger partial charge >= 0.3 is 6.03 Å². The lowest BCUT2D eigenvalue weighted by atomic mass is 10.1. The summed E-state index contributed by atoms with van der Waals surface area (Å²) < 4.78 is 23.0. The Morgan fingerprint density at radius 2 is 1.94 bits per heavy atom. The summed E-state index contributed by atoms with van der Waals surface area (Å²) in [5.41, 5.74) is 0. The third kappa shape index (κ3) is 1.50. The lowest BCUT2D eigenvalue weighted by Crippen LogP contribution is -2.41. The number of urea groups is 1. The van der Waals surface area contributed by atoms with Crippen LogP contribution >= 0.6 is 0 Å². The highest BCUT2D eigenvalue weighted by Crippen LogP contribution is 2.30. The molecule has 6 nitrogen and oxygen atoms in total. The normalized spacial score (nSPS) is 32.0. The number of carbonyl (C=O) groups excluding carboxylic acids is 2. The minimum absolute atomic E-state index is 0.0343. The van der Waals surface area contributed by atoms with Crippen molar-refractivity contribution in [3.63, 3.8) is 0 Å². The molecule has 0 radical (unpaired) electrons. The van der Waals surface area contributed by atoms with Crippen LogP contribution in [-0.2, 0) is 14.6 Å². The molecule has 2 aliphatic heterocycles. The molecule has 0 aliphatic carbocycles. The van der Waals surface area contributed by atoms with Crippen molar-refractivity contribution in [2.75, 3.05) is 18.6 Å². The van der Waals surface area contributed by atoms with E-state index < -0.39 is 15.9 Å². The Kier molecular flexibility index (Phi) is 2.45. The topological polar surface area (TPSA) is 74.8 Å². The first kappa shape index (κ1) is 11.4. The van der Waals surface area contributed by atoms with Gasteiger partial charge in [-0.3, -0.25) is 9.69 Å². The number of rotatable bonds is 1. The van der Waals surface area contributed by atoms with Gasteiger partial charge in [0.15, 0.2) is 9.84 Å². The Morgan fingerprint density at radius 3 is 2.50 bits per heavy atom. The average molecular weight is 246 g/mol. The Labute approximate surface area is 94.1 Å². The zero-order valence-corrected chi connectivity index (χ0v) is 10.0. The fourth-order valence-corrected chi connectivity index (χ4v) is 4.34. The minimum Gasteiger partial charge on any atom is -0.321 e. The fraction of sp³-hybridized carbons (Fsp3) is 0.778. The lowest BCUT2D eigenvalue weighted by molar-refractivity contribution is -0.128. The van der Waals surface area contributed by atoms with Gasteiger partial charge in [0.1, 0.15) is 0 Å². The molecule has 2 rings (SSSR count). The van der Waals surface area contributed by atoms with E-state index in [0.717, 1.165) is 4.90 Å². The summed E-state index contributed by atoms with van der Waals surface area (Å²) in [5.74, 6) is -0.436. The number of hydrogen-bond donors (Lipinski definition) is 0. The molecule has 0 N–H and O–H groups in total. The van der Waals surface area contributed by atoms with Crippen LogP contribution in [0, 0.1) is 0 Å². The van der Waals surface area contributed by atoms with Gasteiger partial charge in [-0.1, -0.05) is 6.92 Å². The van der Waals surface area contributed by atoms with Crippen molar-refractivity contribution in [2.24, 2.45) is 0 Å². The van der Waals surface area contributed by atoms with Gasteiger partial charge in [0.05, 0.1) is 23.6 Å². The van der Waals surface area contributed by atoms with Gasteiger partial charge in [0.25, 0.3) is 0 Å². The van der Waals surface area contributed by atoms with Crippen molar-refractivity contribution < 1.29 is 18.0 Å². The van der Waals surface area contributed by atoms with Crippen LogP contribution in [0.1, 0.15) is 13.3 Å². The number of amides is 3. The standard InChI is InChI=1S/C9H14N2O4S/c1-3-8(12)11-7-5-16(14,15)4-6(7)10(2)9(11)13/h6-7H,3-5H2,1-2H3/t6-,7+/m1/s1. The molecule has 16 heavy (non-hydrogen) atoms. The zero-order chi connectivity index (χ0) is 12.1. The van der Waals surface area contributed by atoms with Crippen molar-refractivity contribution >= 4 is 21.8 Å². The molecule has 3 amide bonds. The molecule has 7 heteroatoms. The molecule has 0 aromatic carbocycles. The van der Waals surface area contributed by atoms with Gasteiger partial charge in [-0.25, -0.2) is 13.2 Å². The molecule has 2 saturated heterocycles. The number of likely N-dealkylation sites (N-methyl/N-ethyl adjacent to an activating group) is 1. The number of fused-ring (bicyclic) bond motifs is 1. The number of carbonyl (C=O) groups is 2. The summed E-state index contributed by atoms with van der Waals surface area (Å²) in [6.07, 6.45) is 0.211. The van der Waals surface area contributed by atoms with Crippen molar-refractivity contribution in [3.05, 3.63) is 0 Å². The summed E-state index contributed by atoms with van der Waals surface area (Å²) in [6, 6.07) is -1.24. The maximum atomic E-state index is 11.8. The second-order valence-electron chi connectivity index (χ2n) is 4.22. The van der Waals surface area contributed by atoms with Crippen molar-refractivity contribution in [1.82, 2.24) is 9.80 Å². The maximum absolute atomic E-state index is 11.8. The summed E-state index contributed by atoms with van der Waals surface area (Å²) >= 11 is 0. The van der Waals surface area contributed by atoms with Crippen LogP contribution in [0.2, 0.25) is 0 Å². The molecule has 2 atom stereocenters. The molecule has 0 bridgehead atoms. The zero-order valence-electron chi connectivity index (χ0n) is 9.21. The van der Waals surface area contributed by atoms with E-state index in [-0.39, 0.29) is 35.9 Å². The van der Waals surface area contributed by atoms with Crippen LogP contribution in [0.4, 0.5) is 4.79 Å². The van der Waals surface area contributed by atoms with Crippen LogP contribution in [-0.4, -0.2) is 60.8 Å². The van der Waals surface area contributed by atoms with E-state index in [1.807, 2.05) is 0 Å². The first-order chi connectivity index (χ1) is 7.37. The van der Waals surface area contributed by atoms with E-state index in [4.69, 9.17) is 0 Å². The number of sulfone groups is 1. The van der Waals surface area contributed by atoms with Crippen molar-refractivity contribution in [1.29, 1.82) is 0 Å². The number of nitrogens with zero attached hydrogens (tertiary/aromatic N) is 2. The molecule has 90 valence electrons. The molecule has 2 aliphatic rings. The van der Waals surface area contributed by atoms with Gasteiger partial charge in [0, 0.05) is 13.5 Å². The van der Waals surface area contributed by atoms with E-state index in [9.17, 15) is 18.0 Å². The largest absolute Gasteiger partial charge is 0.327 e. The fourth-order valence-electron chi connectivity index (χ4n) is 2.34. The third-order valence-corrected chi connectivity index (χ3v) is 4.90. The summed E-state index contributed by atoms with van der Waals surface area (Å²) in [6.45, 7) is 1.66. The number of hydrogen-bond acceptors (Lipinski definition) is 4. The highest BCUT2D eigenvalue weighted by atomic mass is 32.2. The van der Waals surface area contributed by atoms with E-state index in [1.165, 1.54) is 4.90 Å². The van der Waals surface area contributed by atoms with Crippen LogP contribution < -0.4 is 0 Å². The molecule has 0 aromatic rings. The summed E-state index contributed by atoms with van der Waals surface area (Å²) in [7, 11) is -1.58.